The summed E-state index contributed by atoms with van der Waals surface area (Å²) < 4.78 is 7.49. The monoisotopic (exact) mass is 458 g/mol. The van der Waals surface area contributed by atoms with Crippen molar-refractivity contribution in [3.63, 3.8) is 0 Å². The number of carbonyl (C=O) groups is 2. The molecule has 1 atom stereocenters. The molecule has 0 saturated carbocycles. The number of imidazole rings is 1. The lowest BCUT2D eigenvalue weighted by molar-refractivity contribution is -0.141. The van der Waals surface area contributed by atoms with Gasteiger partial charge in [0.05, 0.1) is 0 Å². The Kier molecular flexibility index (Phi) is 6.72. The molecule has 0 aliphatic carbocycles. The number of fused-ring (bicyclic) bond motifs is 1. The molecule has 1 unspecified atom stereocenters. The quantitative estimate of drug-likeness (QED) is 0.616. The third kappa shape index (κ3) is 4.75. The lowest BCUT2D eigenvalue weighted by Crippen LogP contribution is -2.46. The summed E-state index contributed by atoms with van der Waals surface area (Å²) in [5, 5.41) is 2.99. The zero-order valence-electron chi connectivity index (χ0n) is 19.2. The zero-order chi connectivity index (χ0) is 23.3. The second-order valence-electron chi connectivity index (χ2n) is 8.90. The number of hydrogen-bond acceptors (Lipinski definition) is 4. The second kappa shape index (κ2) is 10.2. The normalized spacial score (nSPS) is 18.4. The van der Waals surface area contributed by atoms with Gasteiger partial charge in [0.1, 0.15) is 17.6 Å². The standard InChI is InChI=1S/C27H30N4O3/c32-26(28-14-11-20-7-3-1-4-8-20)23-19-30-15-16-31(27(33)22-12-17-34-18-13-22)24(25(30)29-23)21-9-5-2-6-10-21/h1-10,19,22,24H,11-18H2,(H,28,32). The van der Waals surface area contributed by atoms with E-state index >= 15 is 0 Å². The lowest BCUT2D eigenvalue weighted by atomic mass is 9.95. The molecule has 3 heterocycles. The fourth-order valence-corrected chi connectivity index (χ4v) is 4.86. The molecule has 7 nitrogen and oxygen atoms in total. The van der Waals surface area contributed by atoms with Gasteiger partial charge in [-0.25, -0.2) is 4.98 Å². The van der Waals surface area contributed by atoms with Crippen molar-refractivity contribution >= 4 is 11.8 Å². The highest BCUT2D eigenvalue weighted by atomic mass is 16.5. The molecular weight excluding hydrogens is 428 g/mol. The highest BCUT2D eigenvalue weighted by molar-refractivity contribution is 5.92. The summed E-state index contributed by atoms with van der Waals surface area (Å²) in [6.45, 7) is 3.01. The maximum Gasteiger partial charge on any atom is 0.271 e. The first-order chi connectivity index (χ1) is 16.7. The first-order valence-electron chi connectivity index (χ1n) is 12.0. The van der Waals surface area contributed by atoms with Crippen LogP contribution in [0.4, 0.5) is 0 Å². The lowest BCUT2D eigenvalue weighted by Gasteiger charge is -2.38. The van der Waals surface area contributed by atoms with E-state index in [1.54, 1.807) is 0 Å². The van der Waals surface area contributed by atoms with E-state index in [2.05, 4.69) is 17.4 Å². The smallest absolute Gasteiger partial charge is 0.271 e. The first kappa shape index (κ1) is 22.3. The minimum Gasteiger partial charge on any atom is -0.381 e. The van der Waals surface area contributed by atoms with Crippen molar-refractivity contribution in [2.24, 2.45) is 5.92 Å². The molecule has 1 aromatic heterocycles. The molecule has 34 heavy (non-hydrogen) atoms. The second-order valence-corrected chi connectivity index (χ2v) is 8.90. The molecule has 176 valence electrons. The van der Waals surface area contributed by atoms with Crippen LogP contribution in [-0.4, -0.2) is 52.6 Å². The van der Waals surface area contributed by atoms with E-state index in [1.807, 2.05) is 64.2 Å². The molecule has 2 aliphatic heterocycles. The number of nitrogens with one attached hydrogen (secondary N) is 1. The Morgan fingerprint density at radius 2 is 1.68 bits per heavy atom. The van der Waals surface area contributed by atoms with Crippen molar-refractivity contribution < 1.29 is 14.3 Å². The molecule has 0 radical (unpaired) electrons. The number of carbonyl (C=O) groups excluding carboxylic acids is 2. The molecule has 3 aromatic rings. The van der Waals surface area contributed by atoms with E-state index in [1.165, 1.54) is 5.56 Å². The topological polar surface area (TPSA) is 76.5 Å². The molecule has 0 bridgehead atoms. The molecule has 2 aliphatic rings. The van der Waals surface area contributed by atoms with E-state index in [-0.39, 0.29) is 23.8 Å². The summed E-state index contributed by atoms with van der Waals surface area (Å²) >= 11 is 0. The SMILES string of the molecule is O=C(NCCc1ccccc1)c1cn2c(n1)C(c1ccccc1)N(C(=O)C1CCOCC1)CC2. The average molecular weight is 459 g/mol. The van der Waals surface area contributed by atoms with Gasteiger partial charge in [0.25, 0.3) is 5.91 Å². The van der Waals surface area contributed by atoms with Crippen LogP contribution in [0.2, 0.25) is 0 Å². The van der Waals surface area contributed by atoms with Gasteiger partial charge >= 0.3 is 0 Å². The largest absolute Gasteiger partial charge is 0.381 e. The van der Waals surface area contributed by atoms with Gasteiger partial charge in [-0.1, -0.05) is 60.7 Å². The van der Waals surface area contributed by atoms with Gasteiger partial charge < -0.3 is 19.5 Å². The summed E-state index contributed by atoms with van der Waals surface area (Å²) in [7, 11) is 0. The average Bonchev–Trinajstić information content (AvgIpc) is 3.34. The van der Waals surface area contributed by atoms with Crippen molar-refractivity contribution in [3.05, 3.63) is 89.5 Å². The number of ether oxygens (including phenoxy) is 1. The van der Waals surface area contributed by atoms with Crippen LogP contribution in [-0.2, 0) is 22.5 Å². The van der Waals surface area contributed by atoms with Gasteiger partial charge in [0, 0.05) is 45.0 Å². The van der Waals surface area contributed by atoms with E-state index < -0.39 is 0 Å². The highest BCUT2D eigenvalue weighted by Crippen LogP contribution is 2.34. The Bertz CT molecular complexity index is 1120. The van der Waals surface area contributed by atoms with Gasteiger partial charge in [-0.3, -0.25) is 9.59 Å². The Balaban J connectivity index is 1.36. The molecule has 2 amide bonds. The molecule has 5 rings (SSSR count). The molecule has 0 spiro atoms. The zero-order valence-corrected chi connectivity index (χ0v) is 19.2. The highest BCUT2D eigenvalue weighted by Gasteiger charge is 2.37. The summed E-state index contributed by atoms with van der Waals surface area (Å²) in [4.78, 5) is 33.1. The minimum atomic E-state index is -0.309. The summed E-state index contributed by atoms with van der Waals surface area (Å²) in [5.41, 5.74) is 2.58. The maximum absolute atomic E-state index is 13.5. The van der Waals surface area contributed by atoms with Crippen LogP contribution < -0.4 is 5.32 Å². The predicted molar refractivity (Wildman–Crippen MR) is 128 cm³/mol. The number of rotatable bonds is 6. The van der Waals surface area contributed by atoms with Crippen LogP contribution in [0.3, 0.4) is 0 Å². The Labute approximate surface area is 199 Å². The van der Waals surface area contributed by atoms with Crippen LogP contribution in [0.25, 0.3) is 0 Å². The third-order valence-electron chi connectivity index (χ3n) is 6.69. The molecule has 2 aromatic carbocycles. The van der Waals surface area contributed by atoms with E-state index in [9.17, 15) is 9.59 Å². The number of amides is 2. The summed E-state index contributed by atoms with van der Waals surface area (Å²) in [6, 6.07) is 19.7. The van der Waals surface area contributed by atoms with Gasteiger partial charge in [-0.05, 0) is 30.4 Å². The van der Waals surface area contributed by atoms with Crippen molar-refractivity contribution in [2.45, 2.75) is 31.8 Å². The molecule has 1 fully saturated rings. The number of aromatic nitrogens is 2. The van der Waals surface area contributed by atoms with Crippen molar-refractivity contribution in [1.82, 2.24) is 19.8 Å². The van der Waals surface area contributed by atoms with Crippen molar-refractivity contribution in [2.75, 3.05) is 26.3 Å². The Morgan fingerprint density at radius 3 is 2.41 bits per heavy atom. The fraction of sp³-hybridized carbons (Fsp3) is 0.370. The maximum atomic E-state index is 13.5. The van der Waals surface area contributed by atoms with Gasteiger partial charge in [0.15, 0.2) is 0 Å². The first-order valence-corrected chi connectivity index (χ1v) is 12.0. The van der Waals surface area contributed by atoms with Crippen LogP contribution in [0.1, 0.15) is 46.3 Å². The molecule has 1 saturated heterocycles. The fourth-order valence-electron chi connectivity index (χ4n) is 4.86. The number of benzene rings is 2. The summed E-state index contributed by atoms with van der Waals surface area (Å²) in [5.74, 6) is 0.681. The Morgan fingerprint density at radius 1 is 0.971 bits per heavy atom. The van der Waals surface area contributed by atoms with Gasteiger partial charge in [-0.2, -0.15) is 0 Å². The number of hydrogen-bond donors (Lipinski definition) is 1. The van der Waals surface area contributed by atoms with Crippen molar-refractivity contribution in [1.29, 1.82) is 0 Å². The predicted octanol–water partition coefficient (Wildman–Crippen LogP) is 3.21. The van der Waals surface area contributed by atoms with E-state index in [4.69, 9.17) is 9.72 Å². The van der Waals surface area contributed by atoms with E-state index in [0.717, 1.165) is 30.7 Å². The number of nitrogens with zero attached hydrogens (tertiary/aromatic N) is 3. The van der Waals surface area contributed by atoms with Crippen LogP contribution in [0, 0.1) is 5.92 Å². The van der Waals surface area contributed by atoms with Gasteiger partial charge in [0.2, 0.25) is 5.91 Å². The minimum absolute atomic E-state index is 0.0257. The molecular formula is C27H30N4O3. The van der Waals surface area contributed by atoms with Crippen LogP contribution >= 0.6 is 0 Å². The summed E-state index contributed by atoms with van der Waals surface area (Å²) in [6.07, 6.45) is 4.08. The molecule has 1 N–H and O–H groups in total. The molecule has 7 heteroatoms. The Hall–Kier alpha value is -3.45. The third-order valence-corrected chi connectivity index (χ3v) is 6.69. The van der Waals surface area contributed by atoms with E-state index in [0.29, 0.717) is 38.5 Å². The van der Waals surface area contributed by atoms with Crippen LogP contribution in [0.15, 0.2) is 66.9 Å². The van der Waals surface area contributed by atoms with Crippen molar-refractivity contribution in [3.8, 4) is 0 Å². The van der Waals surface area contributed by atoms with Gasteiger partial charge in [-0.15, -0.1) is 0 Å². The van der Waals surface area contributed by atoms with Crippen LogP contribution in [0.5, 0.6) is 0 Å².